The molecular formula is C32H33ClN2O4. The SMILES string of the molecule is C=C(Oc1ccc(Cn2c(C)c(C)c3cc(C(=O)N[C@@H](C)c4cccc(C(C)C)c4)ccc32)cc1Cl)C(=O)O. The molecule has 0 spiro atoms. The van der Waals surface area contributed by atoms with Gasteiger partial charge in [0, 0.05) is 28.7 Å². The summed E-state index contributed by atoms with van der Waals surface area (Å²) in [5.41, 5.74) is 7.05. The van der Waals surface area contributed by atoms with E-state index in [0.29, 0.717) is 23.0 Å². The van der Waals surface area contributed by atoms with Crippen molar-refractivity contribution in [3.05, 3.63) is 112 Å². The van der Waals surface area contributed by atoms with Crippen LogP contribution in [-0.4, -0.2) is 21.6 Å². The number of nitrogens with zero attached hydrogens (tertiary/aromatic N) is 1. The smallest absolute Gasteiger partial charge is 0.371 e. The second-order valence-corrected chi connectivity index (χ2v) is 10.6. The number of nitrogens with one attached hydrogen (secondary N) is 1. The molecule has 0 bridgehead atoms. The van der Waals surface area contributed by atoms with E-state index in [9.17, 15) is 9.59 Å². The Morgan fingerprint density at radius 3 is 2.41 bits per heavy atom. The monoisotopic (exact) mass is 544 g/mol. The van der Waals surface area contributed by atoms with Gasteiger partial charge in [0.1, 0.15) is 5.75 Å². The van der Waals surface area contributed by atoms with Crippen molar-refractivity contribution in [2.24, 2.45) is 0 Å². The van der Waals surface area contributed by atoms with Gasteiger partial charge in [-0.25, -0.2) is 4.79 Å². The number of carbonyl (C=O) groups is 2. The van der Waals surface area contributed by atoms with Crippen LogP contribution in [0.1, 0.15) is 71.0 Å². The van der Waals surface area contributed by atoms with E-state index in [2.05, 4.69) is 56.3 Å². The minimum absolute atomic E-state index is 0.116. The molecule has 1 amide bonds. The van der Waals surface area contributed by atoms with Gasteiger partial charge in [0.15, 0.2) is 0 Å². The summed E-state index contributed by atoms with van der Waals surface area (Å²) in [4.78, 5) is 24.2. The fraction of sp³-hybridized carbons (Fsp3) is 0.250. The number of benzene rings is 3. The Kier molecular flexibility index (Phi) is 8.17. The molecule has 1 atom stereocenters. The minimum Gasteiger partial charge on any atom is -0.475 e. The average molecular weight is 545 g/mol. The van der Waals surface area contributed by atoms with Crippen LogP contribution in [0.3, 0.4) is 0 Å². The zero-order chi connectivity index (χ0) is 28.4. The Labute approximate surface area is 233 Å². The van der Waals surface area contributed by atoms with Crippen molar-refractivity contribution in [3.63, 3.8) is 0 Å². The Morgan fingerprint density at radius 2 is 1.74 bits per heavy atom. The number of carboxylic acids is 1. The predicted octanol–water partition coefficient (Wildman–Crippen LogP) is 7.55. The number of amides is 1. The molecule has 2 N–H and O–H groups in total. The lowest BCUT2D eigenvalue weighted by molar-refractivity contribution is -0.135. The molecule has 202 valence electrons. The van der Waals surface area contributed by atoms with Crippen LogP contribution < -0.4 is 10.1 Å². The summed E-state index contributed by atoms with van der Waals surface area (Å²) < 4.78 is 7.42. The van der Waals surface area contributed by atoms with Crippen LogP contribution in [0.5, 0.6) is 5.75 Å². The first-order valence-electron chi connectivity index (χ1n) is 12.8. The normalized spacial score (nSPS) is 12.0. The molecule has 6 nitrogen and oxygen atoms in total. The molecule has 7 heteroatoms. The Hall–Kier alpha value is -4.03. The number of aliphatic carboxylic acids is 1. The number of hydrogen-bond donors (Lipinski definition) is 2. The van der Waals surface area contributed by atoms with Gasteiger partial charge in [-0.15, -0.1) is 0 Å². The van der Waals surface area contributed by atoms with Gasteiger partial charge < -0.3 is 19.7 Å². The van der Waals surface area contributed by atoms with Crippen molar-refractivity contribution in [1.29, 1.82) is 0 Å². The molecular weight excluding hydrogens is 512 g/mol. The molecule has 0 aliphatic rings. The third-order valence-corrected chi connectivity index (χ3v) is 7.43. The van der Waals surface area contributed by atoms with E-state index in [0.717, 1.165) is 33.3 Å². The molecule has 0 unspecified atom stereocenters. The zero-order valence-electron chi connectivity index (χ0n) is 22.8. The average Bonchev–Trinajstić information content (AvgIpc) is 3.14. The Bertz CT molecular complexity index is 1580. The Morgan fingerprint density at radius 1 is 1.03 bits per heavy atom. The van der Waals surface area contributed by atoms with Crippen LogP contribution in [0.15, 0.2) is 73.0 Å². The van der Waals surface area contributed by atoms with Crippen LogP contribution in [0.4, 0.5) is 0 Å². The maximum atomic E-state index is 13.2. The van der Waals surface area contributed by atoms with E-state index in [1.807, 2.05) is 43.3 Å². The quantitative estimate of drug-likeness (QED) is 0.168. The zero-order valence-corrected chi connectivity index (χ0v) is 23.6. The standard InChI is InChI=1S/C32H33ClN2O4/c1-18(2)24-8-7-9-25(15-24)20(4)34-31(36)26-11-12-29-27(16-26)19(3)21(5)35(29)17-23-10-13-30(28(33)14-23)39-22(6)32(37)38/h7-16,18,20H,6,17H2,1-5H3,(H,34,36)(H,37,38)/t20-/m0/s1. The second kappa shape index (κ2) is 11.4. The summed E-state index contributed by atoms with van der Waals surface area (Å²) in [5.74, 6) is -1.10. The highest BCUT2D eigenvalue weighted by molar-refractivity contribution is 6.32. The predicted molar refractivity (Wildman–Crippen MR) is 156 cm³/mol. The van der Waals surface area contributed by atoms with E-state index in [1.165, 1.54) is 5.56 Å². The van der Waals surface area contributed by atoms with Crippen LogP contribution >= 0.6 is 11.6 Å². The maximum absolute atomic E-state index is 13.2. The van der Waals surface area contributed by atoms with E-state index in [4.69, 9.17) is 21.4 Å². The molecule has 4 aromatic rings. The van der Waals surface area contributed by atoms with Crippen LogP contribution in [0, 0.1) is 13.8 Å². The van der Waals surface area contributed by atoms with Gasteiger partial charge in [0.05, 0.1) is 11.1 Å². The van der Waals surface area contributed by atoms with Gasteiger partial charge in [0.25, 0.3) is 5.91 Å². The molecule has 0 aliphatic carbocycles. The lowest BCUT2D eigenvalue weighted by Gasteiger charge is -2.16. The summed E-state index contributed by atoms with van der Waals surface area (Å²) >= 11 is 6.36. The first kappa shape index (κ1) is 28.0. The number of carboxylic acid groups (broad SMARTS) is 1. The van der Waals surface area contributed by atoms with Crippen LogP contribution in [-0.2, 0) is 11.3 Å². The molecule has 0 saturated heterocycles. The number of rotatable bonds is 9. The van der Waals surface area contributed by atoms with Crippen LogP contribution in [0.2, 0.25) is 5.02 Å². The van der Waals surface area contributed by atoms with Gasteiger partial charge in [-0.2, -0.15) is 0 Å². The first-order valence-corrected chi connectivity index (χ1v) is 13.2. The molecule has 0 radical (unpaired) electrons. The van der Waals surface area contributed by atoms with Gasteiger partial charge in [-0.3, -0.25) is 4.79 Å². The van der Waals surface area contributed by atoms with E-state index < -0.39 is 11.7 Å². The van der Waals surface area contributed by atoms with Crippen molar-refractivity contribution in [3.8, 4) is 5.75 Å². The molecule has 1 heterocycles. The third-order valence-electron chi connectivity index (χ3n) is 7.13. The largest absolute Gasteiger partial charge is 0.475 e. The van der Waals surface area contributed by atoms with Gasteiger partial charge in [-0.1, -0.05) is 55.8 Å². The fourth-order valence-corrected chi connectivity index (χ4v) is 4.87. The van der Waals surface area contributed by atoms with Crippen molar-refractivity contribution < 1.29 is 19.4 Å². The highest BCUT2D eigenvalue weighted by atomic mass is 35.5. The van der Waals surface area contributed by atoms with Crippen LogP contribution in [0.25, 0.3) is 10.9 Å². The summed E-state index contributed by atoms with van der Waals surface area (Å²) in [6.45, 7) is 14.3. The topological polar surface area (TPSA) is 80.6 Å². The summed E-state index contributed by atoms with van der Waals surface area (Å²) in [5, 5.41) is 13.4. The molecule has 3 aromatic carbocycles. The number of aromatic nitrogens is 1. The minimum atomic E-state index is -1.25. The Balaban J connectivity index is 1.56. The summed E-state index contributed by atoms with van der Waals surface area (Å²) in [6, 6.07) is 19.2. The van der Waals surface area contributed by atoms with Crippen molar-refractivity contribution in [1.82, 2.24) is 9.88 Å². The fourth-order valence-electron chi connectivity index (χ4n) is 4.63. The summed E-state index contributed by atoms with van der Waals surface area (Å²) in [7, 11) is 0. The number of hydrogen-bond acceptors (Lipinski definition) is 3. The molecule has 0 fully saturated rings. The molecule has 4 rings (SSSR count). The highest BCUT2D eigenvalue weighted by Crippen LogP contribution is 2.31. The number of aryl methyl sites for hydroxylation is 1. The number of carbonyl (C=O) groups excluding carboxylic acids is 1. The number of ether oxygens (including phenoxy) is 1. The number of fused-ring (bicyclic) bond motifs is 1. The molecule has 39 heavy (non-hydrogen) atoms. The number of halogens is 1. The van der Waals surface area contributed by atoms with E-state index in [1.54, 1.807) is 12.1 Å². The molecule has 1 aromatic heterocycles. The van der Waals surface area contributed by atoms with Gasteiger partial charge in [0.2, 0.25) is 5.76 Å². The lowest BCUT2D eigenvalue weighted by Crippen LogP contribution is -2.26. The van der Waals surface area contributed by atoms with Crippen molar-refractivity contribution >= 4 is 34.4 Å². The van der Waals surface area contributed by atoms with E-state index in [-0.39, 0.29) is 17.7 Å². The molecule has 0 saturated carbocycles. The lowest BCUT2D eigenvalue weighted by atomic mass is 9.98. The van der Waals surface area contributed by atoms with Crippen molar-refractivity contribution in [2.75, 3.05) is 0 Å². The first-order chi connectivity index (χ1) is 18.5. The molecule has 0 aliphatic heterocycles. The third kappa shape index (κ3) is 6.02. The van der Waals surface area contributed by atoms with Crippen molar-refractivity contribution in [2.45, 2.75) is 53.1 Å². The maximum Gasteiger partial charge on any atom is 0.371 e. The van der Waals surface area contributed by atoms with Gasteiger partial charge >= 0.3 is 5.97 Å². The summed E-state index contributed by atoms with van der Waals surface area (Å²) in [6.07, 6.45) is 0. The van der Waals surface area contributed by atoms with E-state index >= 15 is 0 Å². The second-order valence-electron chi connectivity index (χ2n) is 10.1. The highest BCUT2D eigenvalue weighted by Gasteiger charge is 2.17. The van der Waals surface area contributed by atoms with Gasteiger partial charge in [-0.05, 0) is 85.9 Å².